The summed E-state index contributed by atoms with van der Waals surface area (Å²) in [6, 6.07) is 16.0. The van der Waals surface area contributed by atoms with E-state index in [4.69, 9.17) is 9.47 Å². The molecule has 39 heavy (non-hydrogen) atoms. The van der Waals surface area contributed by atoms with Crippen LogP contribution in [0.5, 0.6) is 11.5 Å². The minimum Gasteiger partial charge on any atom is -0.496 e. The number of aromatic nitrogens is 2. The molecule has 3 rings (SSSR count). The van der Waals surface area contributed by atoms with Gasteiger partial charge in [-0.2, -0.15) is 5.10 Å². The number of ketones is 1. The average molecular weight is 535 g/mol. The van der Waals surface area contributed by atoms with Crippen molar-refractivity contribution < 1.29 is 23.9 Å². The number of aryl methyl sites for hydroxylation is 1. The van der Waals surface area contributed by atoms with Crippen LogP contribution in [-0.2, 0) is 22.6 Å². The number of hydrogen-bond acceptors (Lipinski definition) is 6. The number of methoxy groups -OCH3 is 2. The van der Waals surface area contributed by atoms with Crippen LogP contribution in [0.4, 0.5) is 0 Å². The Bertz CT molecular complexity index is 1250. The van der Waals surface area contributed by atoms with Gasteiger partial charge < -0.3 is 20.1 Å². The van der Waals surface area contributed by atoms with Gasteiger partial charge in [0.25, 0.3) is 5.91 Å². The van der Waals surface area contributed by atoms with Crippen molar-refractivity contribution in [1.82, 2.24) is 20.4 Å². The molecular formula is C30H38N4O5. The van der Waals surface area contributed by atoms with E-state index in [1.165, 1.54) is 0 Å². The van der Waals surface area contributed by atoms with E-state index in [1.54, 1.807) is 31.9 Å². The number of Topliss-reactive ketones (excluding diaryl/α,β-unsaturated/α-hetero) is 1. The molecule has 2 amide bonds. The molecule has 2 aromatic carbocycles. The number of carbonyl (C=O) groups is 3. The highest BCUT2D eigenvalue weighted by Crippen LogP contribution is 2.38. The maximum atomic E-state index is 13.5. The molecule has 0 radical (unpaired) electrons. The molecule has 0 aliphatic heterocycles. The maximum Gasteiger partial charge on any atom is 0.272 e. The number of benzene rings is 2. The molecule has 0 bridgehead atoms. The van der Waals surface area contributed by atoms with E-state index in [0.717, 1.165) is 5.56 Å². The largest absolute Gasteiger partial charge is 0.496 e. The van der Waals surface area contributed by atoms with Gasteiger partial charge in [0.05, 0.1) is 32.0 Å². The highest BCUT2D eigenvalue weighted by molar-refractivity contribution is 5.98. The van der Waals surface area contributed by atoms with Gasteiger partial charge in [-0.3, -0.25) is 19.1 Å². The minimum atomic E-state index is -0.846. The third-order valence-electron chi connectivity index (χ3n) is 6.28. The standard InChI is InChI=1S/C30H38N4O5/c1-6-22(35)18-31-29(36)23(16-15-21-11-8-7-9-12-21)32-30(37)24-17-25(34(33-24)19-20(2)3)28-26(38-4)13-10-14-27(28)39-5/h7-14,17,20,23H,6,15-16,18-19H2,1-5H3,(H,31,36)(H,32,37). The molecule has 0 saturated heterocycles. The van der Waals surface area contributed by atoms with Crippen LogP contribution in [0.1, 0.15) is 49.7 Å². The van der Waals surface area contributed by atoms with Crippen LogP contribution in [0.3, 0.4) is 0 Å². The molecule has 0 aliphatic carbocycles. The van der Waals surface area contributed by atoms with Gasteiger partial charge in [0.1, 0.15) is 17.5 Å². The van der Waals surface area contributed by atoms with Gasteiger partial charge in [-0.15, -0.1) is 0 Å². The predicted octanol–water partition coefficient (Wildman–Crippen LogP) is 4.05. The lowest BCUT2D eigenvalue weighted by molar-refractivity contribution is -0.126. The number of nitrogens with one attached hydrogen (secondary N) is 2. The van der Waals surface area contributed by atoms with Crippen molar-refractivity contribution in [3.05, 3.63) is 65.9 Å². The second-order valence-corrected chi connectivity index (χ2v) is 9.69. The summed E-state index contributed by atoms with van der Waals surface area (Å²) in [5, 5.41) is 10.1. The van der Waals surface area contributed by atoms with E-state index in [1.807, 2.05) is 48.5 Å². The monoisotopic (exact) mass is 534 g/mol. The molecule has 0 spiro atoms. The zero-order valence-corrected chi connectivity index (χ0v) is 23.3. The van der Waals surface area contributed by atoms with Gasteiger partial charge in [-0.25, -0.2) is 0 Å². The van der Waals surface area contributed by atoms with Gasteiger partial charge in [-0.05, 0) is 42.5 Å². The fraction of sp³-hybridized carbons (Fsp3) is 0.400. The van der Waals surface area contributed by atoms with Crippen LogP contribution in [0, 0.1) is 5.92 Å². The molecule has 9 heteroatoms. The SMILES string of the molecule is CCC(=O)CNC(=O)C(CCc1ccccc1)NC(=O)c1cc(-c2c(OC)cccc2OC)n(CC(C)C)n1. The van der Waals surface area contributed by atoms with E-state index >= 15 is 0 Å². The van der Waals surface area contributed by atoms with Gasteiger partial charge >= 0.3 is 0 Å². The molecule has 1 unspecified atom stereocenters. The average Bonchev–Trinajstić information content (AvgIpc) is 3.36. The van der Waals surface area contributed by atoms with E-state index in [0.29, 0.717) is 48.6 Å². The highest BCUT2D eigenvalue weighted by Gasteiger charge is 2.26. The second-order valence-electron chi connectivity index (χ2n) is 9.69. The lowest BCUT2D eigenvalue weighted by atomic mass is 10.0. The smallest absolute Gasteiger partial charge is 0.272 e. The lowest BCUT2D eigenvalue weighted by Gasteiger charge is -2.18. The topological polar surface area (TPSA) is 112 Å². The van der Waals surface area contributed by atoms with Gasteiger partial charge in [-0.1, -0.05) is 57.2 Å². The Morgan fingerprint density at radius 2 is 1.64 bits per heavy atom. The molecule has 2 N–H and O–H groups in total. The Hall–Kier alpha value is -4.14. The van der Waals surface area contributed by atoms with Crippen molar-refractivity contribution in [1.29, 1.82) is 0 Å². The lowest BCUT2D eigenvalue weighted by Crippen LogP contribution is -2.48. The third-order valence-corrected chi connectivity index (χ3v) is 6.28. The number of amides is 2. The predicted molar refractivity (Wildman–Crippen MR) is 150 cm³/mol. The first-order chi connectivity index (χ1) is 18.8. The molecule has 1 aromatic heterocycles. The summed E-state index contributed by atoms with van der Waals surface area (Å²) >= 11 is 0. The molecule has 0 fully saturated rings. The number of nitrogens with zero attached hydrogens (tertiary/aromatic N) is 2. The molecule has 3 aromatic rings. The van der Waals surface area contributed by atoms with Crippen LogP contribution in [0.25, 0.3) is 11.3 Å². The van der Waals surface area contributed by atoms with Crippen molar-refractivity contribution in [3.63, 3.8) is 0 Å². The third kappa shape index (κ3) is 7.92. The summed E-state index contributed by atoms with van der Waals surface area (Å²) in [6.07, 6.45) is 1.26. The Morgan fingerprint density at radius 1 is 0.974 bits per heavy atom. The van der Waals surface area contributed by atoms with Gasteiger partial charge in [0.2, 0.25) is 5.91 Å². The Labute approximate surface area is 229 Å². The van der Waals surface area contributed by atoms with Crippen molar-refractivity contribution in [2.75, 3.05) is 20.8 Å². The summed E-state index contributed by atoms with van der Waals surface area (Å²) in [7, 11) is 3.16. The Balaban J connectivity index is 1.91. The first-order valence-electron chi connectivity index (χ1n) is 13.2. The van der Waals surface area contributed by atoms with Gasteiger partial charge in [0, 0.05) is 13.0 Å². The van der Waals surface area contributed by atoms with Crippen LogP contribution < -0.4 is 20.1 Å². The maximum absolute atomic E-state index is 13.5. The second kappa shape index (κ2) is 14.1. The summed E-state index contributed by atoms with van der Waals surface area (Å²) in [5.41, 5.74) is 2.56. The molecular weight excluding hydrogens is 496 g/mol. The molecule has 1 heterocycles. The summed E-state index contributed by atoms with van der Waals surface area (Å²) in [4.78, 5) is 38.3. The van der Waals surface area contributed by atoms with E-state index in [-0.39, 0.29) is 23.9 Å². The molecule has 0 saturated carbocycles. The molecule has 1 atom stereocenters. The van der Waals surface area contributed by atoms with Crippen molar-refractivity contribution >= 4 is 17.6 Å². The van der Waals surface area contributed by atoms with Crippen LogP contribution in [0.15, 0.2) is 54.6 Å². The summed E-state index contributed by atoms with van der Waals surface area (Å²) in [6.45, 7) is 6.35. The molecule has 9 nitrogen and oxygen atoms in total. The van der Waals surface area contributed by atoms with Crippen molar-refractivity contribution in [3.8, 4) is 22.8 Å². The van der Waals surface area contributed by atoms with E-state index in [2.05, 4.69) is 29.6 Å². The Morgan fingerprint density at radius 3 is 2.23 bits per heavy atom. The number of rotatable bonds is 14. The minimum absolute atomic E-state index is 0.0756. The first kappa shape index (κ1) is 29.4. The summed E-state index contributed by atoms with van der Waals surface area (Å²) < 4.78 is 13.0. The van der Waals surface area contributed by atoms with Gasteiger partial charge in [0.15, 0.2) is 11.5 Å². The number of ether oxygens (including phenoxy) is 2. The summed E-state index contributed by atoms with van der Waals surface area (Å²) in [5.74, 6) is 0.455. The van der Waals surface area contributed by atoms with E-state index < -0.39 is 17.9 Å². The highest BCUT2D eigenvalue weighted by atomic mass is 16.5. The van der Waals surface area contributed by atoms with Crippen LogP contribution in [-0.4, -0.2) is 54.2 Å². The van der Waals surface area contributed by atoms with Crippen LogP contribution >= 0.6 is 0 Å². The zero-order chi connectivity index (χ0) is 28.4. The van der Waals surface area contributed by atoms with Crippen molar-refractivity contribution in [2.45, 2.75) is 52.6 Å². The molecule has 208 valence electrons. The fourth-order valence-corrected chi connectivity index (χ4v) is 4.21. The van der Waals surface area contributed by atoms with Crippen molar-refractivity contribution in [2.24, 2.45) is 5.92 Å². The van der Waals surface area contributed by atoms with Crippen LogP contribution in [0.2, 0.25) is 0 Å². The number of hydrogen-bond donors (Lipinski definition) is 2. The van der Waals surface area contributed by atoms with E-state index in [9.17, 15) is 14.4 Å². The Kier molecular flexibility index (Phi) is 10.7. The normalized spacial score (nSPS) is 11.6. The first-order valence-corrected chi connectivity index (χ1v) is 13.2. The molecule has 0 aliphatic rings. The zero-order valence-electron chi connectivity index (χ0n) is 23.3. The number of carbonyl (C=O) groups excluding carboxylic acids is 3. The quantitative estimate of drug-likeness (QED) is 0.323. The fourth-order valence-electron chi connectivity index (χ4n) is 4.21.